The van der Waals surface area contributed by atoms with Crippen LogP contribution < -0.4 is 30.4 Å². The summed E-state index contributed by atoms with van der Waals surface area (Å²) in [7, 11) is 0. The summed E-state index contributed by atoms with van der Waals surface area (Å²) in [4.78, 5) is 0. The highest BCUT2D eigenvalue weighted by atomic mass is 127. The van der Waals surface area contributed by atoms with Gasteiger partial charge in [-0.05, 0) is 0 Å². The van der Waals surface area contributed by atoms with Gasteiger partial charge in [0.05, 0.1) is 4.53 Å². The molecule has 38 valence electrons. The van der Waals surface area contributed by atoms with Gasteiger partial charge >= 0.3 is 20.1 Å². The molecule has 0 aromatic heterocycles. The first-order valence-electron chi connectivity index (χ1n) is 0.772. The van der Waals surface area contributed by atoms with Gasteiger partial charge in [-0.15, -0.1) is 0 Å². The first kappa shape index (κ1) is 6.50. The minimum absolute atomic E-state index is 1.95. The molecule has 0 aliphatic carbocycles. The molecule has 0 aliphatic rings. The maximum absolute atomic E-state index is 10.1. The summed E-state index contributed by atoms with van der Waals surface area (Å²) in [5.41, 5.74) is 0. The van der Waals surface area contributed by atoms with Crippen LogP contribution in [-0.4, -0.2) is 0 Å². The highest BCUT2D eigenvalue weighted by Crippen LogP contribution is 1.34. The topological polar surface area (TPSA) is 78.4 Å². The van der Waals surface area contributed by atoms with Gasteiger partial charge in [0.25, 0.3) is 3.27 Å². The average Bonchev–Trinajstić information content (AvgIpc) is 1.35. The summed E-state index contributed by atoms with van der Waals surface area (Å²) in [5, 5.41) is 0. The van der Waals surface area contributed by atoms with E-state index in [0.29, 0.717) is 0 Å². The molecule has 0 spiro atoms. The van der Waals surface area contributed by atoms with Crippen LogP contribution in [0.25, 0.3) is 0 Å². The predicted octanol–water partition coefficient (Wildman–Crippen LogP) is -6.21. The van der Waals surface area contributed by atoms with E-state index in [-0.39, 0.29) is 0 Å². The van der Waals surface area contributed by atoms with Crippen LogP contribution in [0, 0.1) is 0 Å². The quantitative estimate of drug-likeness (QED) is 0.403. The van der Waals surface area contributed by atoms with Crippen LogP contribution >= 0.6 is 0 Å². The molecule has 0 rings (SSSR count). The van der Waals surface area contributed by atoms with Crippen LogP contribution in [0.1, 0.15) is 0 Å². The van der Waals surface area contributed by atoms with Crippen molar-refractivity contribution in [2.75, 3.05) is 0 Å². The van der Waals surface area contributed by atoms with E-state index < -0.39 is 20.1 Å². The summed E-state index contributed by atoms with van der Waals surface area (Å²) in [5.74, 6) is 0. The fourth-order valence-electron chi connectivity index (χ4n) is 0. The molecule has 0 saturated carbocycles. The molecule has 0 aliphatic heterocycles. The van der Waals surface area contributed by atoms with Gasteiger partial charge in [0, 0.05) is 0 Å². The van der Waals surface area contributed by atoms with Crippen molar-refractivity contribution in [1.29, 1.82) is 0 Å². The Balaban J connectivity index is 3.17. The van der Waals surface area contributed by atoms with Crippen LogP contribution in [0.2, 0.25) is 0 Å². The van der Waals surface area contributed by atoms with E-state index in [1.165, 1.54) is 0 Å². The SMILES string of the molecule is [O-][I+3]([O-])([O-])OF. The molecule has 0 saturated heterocycles. The van der Waals surface area contributed by atoms with E-state index in [2.05, 4.69) is 0 Å². The first-order chi connectivity index (χ1) is 2.56. The summed E-state index contributed by atoms with van der Waals surface area (Å²) in [6, 6.07) is 0. The minimum atomic E-state index is -5.90. The Morgan fingerprint density at radius 2 is 1.50 bits per heavy atom. The second-order valence-electron chi connectivity index (χ2n) is 0.436. The van der Waals surface area contributed by atoms with Gasteiger partial charge in [-0.3, -0.25) is 10.3 Å². The maximum Gasteiger partial charge on any atom is 0.429 e. The lowest BCUT2D eigenvalue weighted by Crippen LogP contribution is -4.23. The smallest absolute Gasteiger partial charge is 0.253 e. The van der Waals surface area contributed by atoms with E-state index >= 15 is 0 Å². The van der Waals surface area contributed by atoms with Gasteiger partial charge in [0.2, 0.25) is 0 Å². The summed E-state index contributed by atoms with van der Waals surface area (Å²) < 4.78 is 38.9. The van der Waals surface area contributed by atoms with Crippen molar-refractivity contribution in [1.82, 2.24) is 0 Å². The predicted molar refractivity (Wildman–Crippen MR) is 2.19 cm³/mol. The highest BCUT2D eigenvalue weighted by molar-refractivity contribution is 2.53. The standard InChI is InChI=1S/FIO4/c1-6-2(3,4)5. The van der Waals surface area contributed by atoms with Crippen molar-refractivity contribution in [3.05, 3.63) is 0 Å². The van der Waals surface area contributed by atoms with E-state index in [4.69, 9.17) is 10.3 Å². The van der Waals surface area contributed by atoms with E-state index in [9.17, 15) is 4.53 Å². The van der Waals surface area contributed by atoms with Gasteiger partial charge < -0.3 is 0 Å². The van der Waals surface area contributed by atoms with Gasteiger partial charge in [-0.2, -0.15) is 0 Å². The van der Waals surface area contributed by atoms with Crippen molar-refractivity contribution in [2.24, 2.45) is 0 Å². The third-order valence-corrected chi connectivity index (χ3v) is 0.479. The maximum atomic E-state index is 10.1. The Kier molecular flexibility index (Phi) is 2.15. The van der Waals surface area contributed by atoms with E-state index in [0.717, 1.165) is 0 Å². The van der Waals surface area contributed by atoms with Gasteiger partial charge in [0.1, 0.15) is 0 Å². The number of rotatable bonds is 1. The number of hydrogen-bond acceptors (Lipinski definition) is 4. The normalized spacial score (nSPS) is 12.0. The molecular formula is FIO4. The third-order valence-electron chi connectivity index (χ3n) is 0.0714. The Morgan fingerprint density at radius 3 is 1.50 bits per heavy atom. The van der Waals surface area contributed by atoms with Crippen molar-refractivity contribution >= 4 is 0 Å². The van der Waals surface area contributed by atoms with Crippen LogP contribution in [0.4, 0.5) is 4.53 Å². The van der Waals surface area contributed by atoms with Crippen molar-refractivity contribution in [3.8, 4) is 0 Å². The molecule has 6 heteroatoms. The molecule has 0 aromatic rings. The molecule has 0 fully saturated rings. The molecule has 0 atom stereocenters. The monoisotopic (exact) mass is 210 g/mol. The third kappa shape index (κ3) is 4.50. The lowest BCUT2D eigenvalue weighted by atomic mass is 15.7. The van der Waals surface area contributed by atoms with Crippen molar-refractivity contribution in [3.63, 3.8) is 0 Å². The number of hydrogen-bond donors (Lipinski definition) is 0. The molecular weight excluding hydrogens is 210 g/mol. The van der Waals surface area contributed by atoms with Crippen LogP contribution in [0.3, 0.4) is 0 Å². The van der Waals surface area contributed by atoms with Crippen LogP contribution in [0.15, 0.2) is 0 Å². The zero-order valence-electron chi connectivity index (χ0n) is 2.39. The molecule has 0 aromatic carbocycles. The van der Waals surface area contributed by atoms with Crippen LogP contribution in [-0.2, 0) is 3.27 Å². The molecule has 0 heterocycles. The molecule has 0 bridgehead atoms. The minimum Gasteiger partial charge on any atom is -0.253 e. The molecule has 0 amide bonds. The Labute approximate surface area is 38.8 Å². The fourth-order valence-corrected chi connectivity index (χ4v) is 0. The zero-order valence-corrected chi connectivity index (χ0v) is 4.55. The largest absolute Gasteiger partial charge is 0.429 e. The Hall–Kier alpha value is 0.500. The summed E-state index contributed by atoms with van der Waals surface area (Å²) >= 11 is -5.90. The van der Waals surface area contributed by atoms with Crippen LogP contribution in [0.5, 0.6) is 0 Å². The lowest BCUT2D eigenvalue weighted by molar-refractivity contribution is -1.93. The molecule has 0 N–H and O–H groups in total. The summed E-state index contributed by atoms with van der Waals surface area (Å²) in [6.45, 7) is 0. The van der Waals surface area contributed by atoms with Crippen molar-refractivity contribution < 1.29 is 38.2 Å². The zero-order chi connectivity index (χ0) is 5.21. The van der Waals surface area contributed by atoms with E-state index in [1.807, 2.05) is 3.27 Å². The Bertz CT molecular complexity index is 37.3. The van der Waals surface area contributed by atoms with Crippen molar-refractivity contribution in [2.45, 2.75) is 0 Å². The van der Waals surface area contributed by atoms with Gasteiger partial charge in [-0.1, -0.05) is 0 Å². The van der Waals surface area contributed by atoms with E-state index in [1.54, 1.807) is 0 Å². The second-order valence-corrected chi connectivity index (χ2v) is 2.93. The summed E-state index contributed by atoms with van der Waals surface area (Å²) in [6.07, 6.45) is 0. The molecule has 0 radical (unpaired) electrons. The van der Waals surface area contributed by atoms with Gasteiger partial charge in [-0.25, -0.2) is 0 Å². The molecule has 4 nitrogen and oxygen atoms in total. The highest BCUT2D eigenvalue weighted by Gasteiger charge is 2.27. The fraction of sp³-hybridized carbons (Fsp3) is 0. The second kappa shape index (κ2) is 1.98. The van der Waals surface area contributed by atoms with Gasteiger partial charge in [0.15, 0.2) is 0 Å². The average molecular weight is 210 g/mol. The lowest BCUT2D eigenvalue weighted by Gasteiger charge is -1.94. The molecule has 6 heavy (non-hydrogen) atoms. The number of halogens is 2. The first-order valence-corrected chi connectivity index (χ1v) is 4.29. The Morgan fingerprint density at radius 1 is 1.33 bits per heavy atom. The molecule has 0 unspecified atom stereocenters.